The fraction of sp³-hybridized carbons (Fsp3) is 0.579. The van der Waals surface area contributed by atoms with Crippen molar-refractivity contribution in [3.05, 3.63) is 22.4 Å². The summed E-state index contributed by atoms with van der Waals surface area (Å²) in [6.45, 7) is 9.28. The Morgan fingerprint density at radius 2 is 2.00 bits per heavy atom. The van der Waals surface area contributed by atoms with Crippen LogP contribution in [0.25, 0.3) is 0 Å². The van der Waals surface area contributed by atoms with Crippen LogP contribution in [0.3, 0.4) is 0 Å². The lowest BCUT2D eigenvalue weighted by Gasteiger charge is -2.28. The number of nitrogens with one attached hydrogen (secondary N) is 1. The Morgan fingerprint density at radius 1 is 1.32 bits per heavy atom. The average molecular weight is 356 g/mol. The van der Waals surface area contributed by atoms with Crippen molar-refractivity contribution in [2.24, 2.45) is 5.92 Å². The molecule has 1 heterocycles. The van der Waals surface area contributed by atoms with Gasteiger partial charge in [0.1, 0.15) is 16.6 Å². The summed E-state index contributed by atoms with van der Waals surface area (Å²) in [5.74, 6) is -0.222. The second-order valence-corrected chi connectivity index (χ2v) is 8.36. The van der Waals surface area contributed by atoms with E-state index in [1.807, 2.05) is 20.8 Å². The van der Waals surface area contributed by atoms with Crippen LogP contribution in [0.5, 0.6) is 0 Å². The first-order chi connectivity index (χ1) is 11.7. The molecule has 6 heteroatoms. The maximum absolute atomic E-state index is 12.6. The largest absolute Gasteiger partial charge is 0.337 e. The summed E-state index contributed by atoms with van der Waals surface area (Å²) in [6.07, 6.45) is 2.96. The Labute approximate surface area is 153 Å². The van der Waals surface area contributed by atoms with Crippen molar-refractivity contribution in [2.45, 2.75) is 69.7 Å². The molecular formula is C19H24N4OS. The van der Waals surface area contributed by atoms with Crippen LogP contribution in [0, 0.1) is 35.5 Å². The number of nitriles is 2. The number of rotatable bonds is 5. The molecule has 2 atom stereocenters. The van der Waals surface area contributed by atoms with E-state index in [4.69, 9.17) is 0 Å². The molecule has 0 bridgehead atoms. The monoisotopic (exact) mass is 356 g/mol. The minimum atomic E-state index is -0.911. The summed E-state index contributed by atoms with van der Waals surface area (Å²) in [7, 11) is 0. The number of fused-ring (bicyclic) bond motifs is 1. The SMILES string of the molecule is Cc1c(C#N)c(S[C@@H](C)C(=O)N[C@](C)(C#N)C(C)C)nc2c1CCC2. The molecule has 132 valence electrons. The zero-order chi connectivity index (χ0) is 18.8. The van der Waals surface area contributed by atoms with E-state index in [-0.39, 0.29) is 11.8 Å². The van der Waals surface area contributed by atoms with Crippen LogP contribution in [0.15, 0.2) is 5.03 Å². The molecule has 0 fully saturated rings. The van der Waals surface area contributed by atoms with E-state index < -0.39 is 10.8 Å². The van der Waals surface area contributed by atoms with Gasteiger partial charge < -0.3 is 5.32 Å². The third-order valence-corrected chi connectivity index (χ3v) is 6.09. The molecule has 1 aliphatic rings. The Morgan fingerprint density at radius 3 is 2.56 bits per heavy atom. The van der Waals surface area contributed by atoms with Crippen LogP contribution in [-0.2, 0) is 17.6 Å². The van der Waals surface area contributed by atoms with Gasteiger partial charge in [0.2, 0.25) is 5.91 Å². The molecule has 1 aromatic heterocycles. The number of hydrogen-bond donors (Lipinski definition) is 1. The summed E-state index contributed by atoms with van der Waals surface area (Å²) in [4.78, 5) is 17.2. The maximum Gasteiger partial charge on any atom is 0.234 e. The summed E-state index contributed by atoms with van der Waals surface area (Å²) in [5, 5.41) is 21.9. The van der Waals surface area contributed by atoms with Crippen LogP contribution in [0.4, 0.5) is 0 Å². The van der Waals surface area contributed by atoms with Crippen LogP contribution in [0.1, 0.15) is 56.5 Å². The normalized spacial score (nSPS) is 16.5. The molecule has 0 aliphatic heterocycles. The number of hydrogen-bond acceptors (Lipinski definition) is 5. The lowest BCUT2D eigenvalue weighted by molar-refractivity contribution is -0.121. The molecule has 1 aromatic rings. The second kappa shape index (κ2) is 7.45. The van der Waals surface area contributed by atoms with Crippen molar-refractivity contribution in [1.82, 2.24) is 10.3 Å². The van der Waals surface area contributed by atoms with Crippen LogP contribution < -0.4 is 5.32 Å². The molecule has 1 N–H and O–H groups in total. The maximum atomic E-state index is 12.6. The Hall–Kier alpha value is -2.05. The Bertz CT molecular complexity index is 775. The van der Waals surface area contributed by atoms with Gasteiger partial charge in [-0.1, -0.05) is 25.6 Å². The molecule has 0 radical (unpaired) electrons. The Balaban J connectivity index is 2.23. The van der Waals surface area contributed by atoms with Gasteiger partial charge in [-0.2, -0.15) is 10.5 Å². The third kappa shape index (κ3) is 3.80. The number of amides is 1. The van der Waals surface area contributed by atoms with E-state index in [1.54, 1.807) is 13.8 Å². The van der Waals surface area contributed by atoms with Gasteiger partial charge in [0.05, 0.1) is 16.9 Å². The van der Waals surface area contributed by atoms with Crippen molar-refractivity contribution in [1.29, 1.82) is 10.5 Å². The molecule has 0 unspecified atom stereocenters. The van der Waals surface area contributed by atoms with E-state index in [1.165, 1.54) is 17.3 Å². The topological polar surface area (TPSA) is 89.6 Å². The number of pyridine rings is 1. The highest BCUT2D eigenvalue weighted by molar-refractivity contribution is 8.00. The second-order valence-electron chi connectivity index (χ2n) is 7.03. The zero-order valence-corrected chi connectivity index (χ0v) is 16.3. The van der Waals surface area contributed by atoms with Crippen molar-refractivity contribution < 1.29 is 4.79 Å². The number of carbonyl (C=O) groups excluding carboxylic acids is 1. The van der Waals surface area contributed by atoms with E-state index >= 15 is 0 Å². The molecule has 2 rings (SSSR count). The molecule has 5 nitrogen and oxygen atoms in total. The number of thioether (sulfide) groups is 1. The first-order valence-corrected chi connectivity index (χ1v) is 9.43. The summed E-state index contributed by atoms with van der Waals surface area (Å²) < 4.78 is 0. The standard InChI is InChI=1S/C19H24N4OS/c1-11(2)19(5,10-21)23-17(24)13(4)25-18-15(9-20)12(3)14-7-6-8-16(14)22-18/h11,13H,6-8H2,1-5H3,(H,23,24)/t13-,19+/m0/s1. The van der Waals surface area contributed by atoms with E-state index in [0.717, 1.165) is 30.5 Å². The van der Waals surface area contributed by atoms with E-state index in [0.29, 0.717) is 10.6 Å². The molecule has 0 spiro atoms. The van der Waals surface area contributed by atoms with Gasteiger partial charge in [0, 0.05) is 5.69 Å². The quantitative estimate of drug-likeness (QED) is 0.818. The van der Waals surface area contributed by atoms with E-state index in [2.05, 4.69) is 22.4 Å². The molecule has 0 saturated heterocycles. The molecular weight excluding hydrogens is 332 g/mol. The minimum Gasteiger partial charge on any atom is -0.337 e. The summed E-state index contributed by atoms with van der Waals surface area (Å²) >= 11 is 1.29. The Kier molecular flexibility index (Phi) is 5.75. The zero-order valence-electron chi connectivity index (χ0n) is 15.4. The molecule has 25 heavy (non-hydrogen) atoms. The number of aryl methyl sites for hydroxylation is 1. The van der Waals surface area contributed by atoms with Gasteiger partial charge in [-0.15, -0.1) is 0 Å². The first-order valence-electron chi connectivity index (χ1n) is 8.55. The fourth-order valence-electron chi connectivity index (χ4n) is 2.84. The highest BCUT2D eigenvalue weighted by Gasteiger charge is 2.32. The smallest absolute Gasteiger partial charge is 0.234 e. The molecule has 1 aliphatic carbocycles. The van der Waals surface area contributed by atoms with Crippen LogP contribution >= 0.6 is 11.8 Å². The predicted octanol–water partition coefficient (Wildman–Crippen LogP) is 3.29. The lowest BCUT2D eigenvalue weighted by atomic mass is 9.90. The van der Waals surface area contributed by atoms with Crippen molar-refractivity contribution in [3.63, 3.8) is 0 Å². The van der Waals surface area contributed by atoms with Gasteiger partial charge in [-0.3, -0.25) is 4.79 Å². The molecule has 1 amide bonds. The highest BCUT2D eigenvalue weighted by Crippen LogP contribution is 2.33. The van der Waals surface area contributed by atoms with Gasteiger partial charge in [-0.05, 0) is 57.1 Å². The summed E-state index contributed by atoms with van der Waals surface area (Å²) in [5.41, 5.74) is 2.89. The lowest BCUT2D eigenvalue weighted by Crippen LogP contribution is -2.51. The van der Waals surface area contributed by atoms with Crippen molar-refractivity contribution >= 4 is 17.7 Å². The van der Waals surface area contributed by atoms with Crippen molar-refractivity contribution in [3.8, 4) is 12.1 Å². The van der Waals surface area contributed by atoms with E-state index in [9.17, 15) is 15.3 Å². The fourth-order valence-corrected chi connectivity index (χ4v) is 3.82. The highest BCUT2D eigenvalue weighted by atomic mass is 32.2. The molecule has 0 aromatic carbocycles. The van der Waals surface area contributed by atoms with Crippen molar-refractivity contribution in [2.75, 3.05) is 0 Å². The third-order valence-electron chi connectivity index (χ3n) is 5.01. The van der Waals surface area contributed by atoms with Gasteiger partial charge in [0.15, 0.2) is 0 Å². The van der Waals surface area contributed by atoms with Crippen LogP contribution in [-0.4, -0.2) is 21.7 Å². The number of aromatic nitrogens is 1. The van der Waals surface area contributed by atoms with Crippen LogP contribution in [0.2, 0.25) is 0 Å². The first kappa shape index (κ1) is 19.3. The number of nitrogens with zero attached hydrogens (tertiary/aromatic N) is 3. The summed E-state index contributed by atoms with van der Waals surface area (Å²) in [6, 6.07) is 4.43. The van der Waals surface area contributed by atoms with Gasteiger partial charge in [-0.25, -0.2) is 4.98 Å². The van der Waals surface area contributed by atoms with Gasteiger partial charge in [0.25, 0.3) is 0 Å². The number of carbonyl (C=O) groups is 1. The minimum absolute atomic E-state index is 0.00585. The molecule has 0 saturated carbocycles. The predicted molar refractivity (Wildman–Crippen MR) is 98.0 cm³/mol. The van der Waals surface area contributed by atoms with Gasteiger partial charge >= 0.3 is 0 Å². The average Bonchev–Trinajstić information content (AvgIpc) is 3.03.